The Morgan fingerprint density at radius 1 is 1.29 bits per heavy atom. The molecule has 3 nitrogen and oxygen atoms in total. The first-order chi connectivity index (χ1) is 6.84. The van der Waals surface area contributed by atoms with Gasteiger partial charge in [-0.2, -0.15) is 0 Å². The van der Waals surface area contributed by atoms with Gasteiger partial charge < -0.3 is 10.1 Å². The van der Waals surface area contributed by atoms with Gasteiger partial charge in [-0.05, 0) is 25.7 Å². The lowest BCUT2D eigenvalue weighted by molar-refractivity contribution is -0.120. The van der Waals surface area contributed by atoms with Gasteiger partial charge in [-0.3, -0.25) is 4.79 Å². The molecule has 2 fully saturated rings. The fourth-order valence-electron chi connectivity index (χ4n) is 2.25. The average molecular weight is 197 g/mol. The number of Topliss-reactive ketones (excluding diaryl/α,β-unsaturated/α-hetero) is 1. The van der Waals surface area contributed by atoms with Crippen LogP contribution in [0.1, 0.15) is 38.5 Å². The lowest BCUT2D eigenvalue weighted by Gasteiger charge is -2.23. The Hall–Kier alpha value is -0.410. The average Bonchev–Trinajstić information content (AvgIpc) is 2.70. The van der Waals surface area contributed by atoms with E-state index < -0.39 is 0 Å². The number of ketones is 1. The fourth-order valence-corrected chi connectivity index (χ4v) is 2.25. The minimum atomic E-state index is 0.424. The molecule has 1 N–H and O–H groups in total. The predicted octanol–water partition coefficient (Wildman–Crippen LogP) is 1.27. The van der Waals surface area contributed by atoms with E-state index in [1.807, 2.05) is 0 Å². The first-order valence-electron chi connectivity index (χ1n) is 5.71. The van der Waals surface area contributed by atoms with Crippen molar-refractivity contribution in [2.75, 3.05) is 13.2 Å². The van der Waals surface area contributed by atoms with E-state index in [0.717, 1.165) is 38.8 Å². The van der Waals surface area contributed by atoms with Gasteiger partial charge in [0.25, 0.3) is 0 Å². The first-order valence-corrected chi connectivity index (χ1v) is 5.71. The van der Waals surface area contributed by atoms with Gasteiger partial charge in [-0.15, -0.1) is 0 Å². The first kappa shape index (κ1) is 10.1. The van der Waals surface area contributed by atoms with Crippen molar-refractivity contribution in [3.8, 4) is 0 Å². The van der Waals surface area contributed by atoms with Crippen LogP contribution in [0, 0.1) is 0 Å². The van der Waals surface area contributed by atoms with E-state index in [4.69, 9.17) is 4.74 Å². The molecular weight excluding hydrogens is 178 g/mol. The third kappa shape index (κ3) is 2.79. The number of hydrogen-bond donors (Lipinski definition) is 1. The van der Waals surface area contributed by atoms with Gasteiger partial charge in [0.2, 0.25) is 0 Å². The highest BCUT2D eigenvalue weighted by Crippen LogP contribution is 2.16. The van der Waals surface area contributed by atoms with Gasteiger partial charge in [0, 0.05) is 32.0 Å². The number of ether oxygens (including phenoxy) is 1. The SMILES string of the molecule is O=C1CCC(NCC2CCCO2)CC1. The molecule has 0 aromatic rings. The Balaban J connectivity index is 1.63. The molecule has 3 heteroatoms. The van der Waals surface area contributed by atoms with E-state index in [2.05, 4.69) is 5.32 Å². The molecule has 2 aliphatic rings. The van der Waals surface area contributed by atoms with Crippen molar-refractivity contribution in [1.29, 1.82) is 0 Å². The molecule has 80 valence electrons. The molecule has 0 aromatic heterocycles. The quantitative estimate of drug-likeness (QED) is 0.740. The van der Waals surface area contributed by atoms with Crippen LogP contribution in [0.3, 0.4) is 0 Å². The minimum absolute atomic E-state index is 0.424. The summed E-state index contributed by atoms with van der Waals surface area (Å²) in [4.78, 5) is 11.0. The van der Waals surface area contributed by atoms with E-state index >= 15 is 0 Å². The molecule has 1 heterocycles. The summed E-state index contributed by atoms with van der Waals surface area (Å²) in [5.74, 6) is 0.431. The second-order valence-electron chi connectivity index (χ2n) is 4.36. The van der Waals surface area contributed by atoms with Gasteiger partial charge >= 0.3 is 0 Å². The number of carbonyl (C=O) groups excluding carboxylic acids is 1. The molecule has 0 spiro atoms. The lowest BCUT2D eigenvalue weighted by atomic mass is 9.94. The van der Waals surface area contributed by atoms with E-state index in [1.54, 1.807) is 0 Å². The van der Waals surface area contributed by atoms with Crippen molar-refractivity contribution >= 4 is 5.78 Å². The summed E-state index contributed by atoms with van der Waals surface area (Å²) in [6.07, 6.45) is 6.39. The third-order valence-electron chi connectivity index (χ3n) is 3.20. The maximum atomic E-state index is 11.0. The van der Waals surface area contributed by atoms with Crippen molar-refractivity contribution in [3.63, 3.8) is 0 Å². The van der Waals surface area contributed by atoms with Crippen molar-refractivity contribution < 1.29 is 9.53 Å². The summed E-state index contributed by atoms with van der Waals surface area (Å²) in [6.45, 7) is 1.90. The zero-order valence-corrected chi connectivity index (χ0v) is 8.63. The summed E-state index contributed by atoms with van der Waals surface area (Å²) in [6, 6.07) is 0.553. The molecule has 14 heavy (non-hydrogen) atoms. The van der Waals surface area contributed by atoms with Gasteiger partial charge in [-0.25, -0.2) is 0 Å². The Morgan fingerprint density at radius 3 is 2.71 bits per heavy atom. The molecule has 0 amide bonds. The van der Waals surface area contributed by atoms with E-state index in [0.29, 0.717) is 17.9 Å². The largest absolute Gasteiger partial charge is 0.377 e. The molecule has 1 aliphatic heterocycles. The second-order valence-corrected chi connectivity index (χ2v) is 4.36. The van der Waals surface area contributed by atoms with Gasteiger partial charge in [0.15, 0.2) is 0 Å². The molecule has 1 saturated heterocycles. The molecule has 1 aliphatic carbocycles. The van der Waals surface area contributed by atoms with Crippen LogP contribution in [-0.4, -0.2) is 31.1 Å². The van der Waals surface area contributed by atoms with Gasteiger partial charge in [0.05, 0.1) is 6.10 Å². The summed E-state index contributed by atoms with van der Waals surface area (Å²) >= 11 is 0. The van der Waals surface area contributed by atoms with Crippen LogP contribution in [0.25, 0.3) is 0 Å². The van der Waals surface area contributed by atoms with Crippen molar-refractivity contribution in [1.82, 2.24) is 5.32 Å². The predicted molar refractivity (Wildman–Crippen MR) is 54.2 cm³/mol. The van der Waals surface area contributed by atoms with Crippen molar-refractivity contribution in [2.24, 2.45) is 0 Å². The van der Waals surface area contributed by atoms with Gasteiger partial charge in [-0.1, -0.05) is 0 Å². The number of hydrogen-bond acceptors (Lipinski definition) is 3. The lowest BCUT2D eigenvalue weighted by Crippen LogP contribution is -2.37. The van der Waals surface area contributed by atoms with Crippen LogP contribution in [0.4, 0.5) is 0 Å². The van der Waals surface area contributed by atoms with Gasteiger partial charge in [0.1, 0.15) is 5.78 Å². The Morgan fingerprint density at radius 2 is 2.07 bits per heavy atom. The normalized spacial score (nSPS) is 29.7. The van der Waals surface area contributed by atoms with Crippen molar-refractivity contribution in [2.45, 2.75) is 50.7 Å². The molecule has 1 unspecified atom stereocenters. The summed E-state index contributed by atoms with van der Waals surface area (Å²) in [7, 11) is 0. The molecule has 0 bridgehead atoms. The molecule has 1 atom stereocenters. The maximum Gasteiger partial charge on any atom is 0.133 e. The monoisotopic (exact) mass is 197 g/mol. The second kappa shape index (κ2) is 4.89. The smallest absolute Gasteiger partial charge is 0.133 e. The molecule has 2 rings (SSSR count). The standard InChI is InChI=1S/C11H19NO2/c13-10-5-3-9(4-6-10)12-8-11-2-1-7-14-11/h9,11-12H,1-8H2. The molecular formula is C11H19NO2. The Kier molecular flexibility index (Phi) is 3.54. The van der Waals surface area contributed by atoms with E-state index in [-0.39, 0.29) is 0 Å². The highest BCUT2D eigenvalue weighted by atomic mass is 16.5. The van der Waals surface area contributed by atoms with Crippen LogP contribution < -0.4 is 5.32 Å². The maximum absolute atomic E-state index is 11.0. The Bertz CT molecular complexity index is 189. The number of rotatable bonds is 3. The van der Waals surface area contributed by atoms with E-state index in [9.17, 15) is 4.79 Å². The van der Waals surface area contributed by atoms with Crippen LogP contribution in [0.2, 0.25) is 0 Å². The number of carbonyl (C=O) groups is 1. The topological polar surface area (TPSA) is 38.3 Å². The van der Waals surface area contributed by atoms with Crippen LogP contribution in [-0.2, 0) is 9.53 Å². The minimum Gasteiger partial charge on any atom is -0.377 e. The molecule has 0 aromatic carbocycles. The van der Waals surface area contributed by atoms with Crippen LogP contribution >= 0.6 is 0 Å². The molecule has 0 radical (unpaired) electrons. The van der Waals surface area contributed by atoms with E-state index in [1.165, 1.54) is 12.8 Å². The summed E-state index contributed by atoms with van der Waals surface area (Å²) in [5, 5.41) is 3.51. The Labute approximate surface area is 85.2 Å². The van der Waals surface area contributed by atoms with Crippen LogP contribution in [0.5, 0.6) is 0 Å². The zero-order valence-electron chi connectivity index (χ0n) is 8.63. The van der Waals surface area contributed by atoms with Crippen molar-refractivity contribution in [3.05, 3.63) is 0 Å². The highest BCUT2D eigenvalue weighted by molar-refractivity contribution is 5.79. The summed E-state index contributed by atoms with van der Waals surface area (Å²) in [5.41, 5.74) is 0. The molecule has 1 saturated carbocycles. The summed E-state index contributed by atoms with van der Waals surface area (Å²) < 4.78 is 5.54. The number of nitrogens with one attached hydrogen (secondary N) is 1. The fraction of sp³-hybridized carbons (Fsp3) is 0.909. The zero-order chi connectivity index (χ0) is 9.80. The van der Waals surface area contributed by atoms with Crippen LogP contribution in [0.15, 0.2) is 0 Å². The third-order valence-corrected chi connectivity index (χ3v) is 3.20. The highest BCUT2D eigenvalue weighted by Gasteiger charge is 2.21.